The van der Waals surface area contributed by atoms with Crippen molar-refractivity contribution in [3.8, 4) is 6.07 Å². The van der Waals surface area contributed by atoms with Crippen LogP contribution >= 0.6 is 0 Å². The number of nitrogens with one attached hydrogen (secondary N) is 1. The van der Waals surface area contributed by atoms with E-state index in [0.29, 0.717) is 24.6 Å². The average Bonchev–Trinajstić information content (AvgIpc) is 2.58. The van der Waals surface area contributed by atoms with E-state index in [4.69, 9.17) is 5.26 Å². The standard InChI is InChI=1S/C11H14N4O/c1-8-5-11(6-8,7-12)10(16)13-9-3-4-15(2)14-9/h3-4,8H,5-6H2,1-2H3,(H,13,14,16). The second-order valence-electron chi connectivity index (χ2n) is 4.54. The number of carbonyl (C=O) groups excluding carboxylic acids is 1. The highest BCUT2D eigenvalue weighted by atomic mass is 16.2. The summed E-state index contributed by atoms with van der Waals surface area (Å²) in [5, 5.41) is 15.8. The number of rotatable bonds is 2. The van der Waals surface area contributed by atoms with Gasteiger partial charge >= 0.3 is 0 Å². The number of anilines is 1. The van der Waals surface area contributed by atoms with Gasteiger partial charge < -0.3 is 5.32 Å². The van der Waals surface area contributed by atoms with E-state index in [2.05, 4.69) is 16.5 Å². The largest absolute Gasteiger partial charge is 0.308 e. The molecule has 1 amide bonds. The quantitative estimate of drug-likeness (QED) is 0.813. The Morgan fingerprint density at radius 1 is 1.75 bits per heavy atom. The normalized spacial score (nSPS) is 27.9. The van der Waals surface area contributed by atoms with Crippen molar-refractivity contribution in [1.29, 1.82) is 5.26 Å². The first kappa shape index (κ1) is 10.7. The van der Waals surface area contributed by atoms with E-state index < -0.39 is 5.41 Å². The smallest absolute Gasteiger partial charge is 0.246 e. The van der Waals surface area contributed by atoms with Crippen molar-refractivity contribution < 1.29 is 4.79 Å². The lowest BCUT2D eigenvalue weighted by molar-refractivity contribution is -0.128. The van der Waals surface area contributed by atoms with E-state index in [1.165, 1.54) is 0 Å². The molecule has 1 aliphatic rings. The molecular formula is C11H14N4O. The maximum Gasteiger partial charge on any atom is 0.246 e. The van der Waals surface area contributed by atoms with Crippen molar-refractivity contribution >= 4 is 11.7 Å². The van der Waals surface area contributed by atoms with Crippen LogP contribution in [0.3, 0.4) is 0 Å². The van der Waals surface area contributed by atoms with Gasteiger partial charge in [0.05, 0.1) is 6.07 Å². The number of hydrogen-bond acceptors (Lipinski definition) is 3. The Labute approximate surface area is 94.1 Å². The Kier molecular flexibility index (Phi) is 2.43. The third-order valence-corrected chi connectivity index (χ3v) is 3.00. The molecule has 1 saturated carbocycles. The molecule has 0 bridgehead atoms. The molecule has 1 aromatic rings. The Balaban J connectivity index is 2.06. The van der Waals surface area contributed by atoms with Crippen LogP contribution in [0.2, 0.25) is 0 Å². The van der Waals surface area contributed by atoms with Gasteiger partial charge in [0.2, 0.25) is 5.91 Å². The van der Waals surface area contributed by atoms with Crippen LogP contribution in [0.25, 0.3) is 0 Å². The summed E-state index contributed by atoms with van der Waals surface area (Å²) in [7, 11) is 1.78. The van der Waals surface area contributed by atoms with Crippen LogP contribution in [0.5, 0.6) is 0 Å². The summed E-state index contributed by atoms with van der Waals surface area (Å²) < 4.78 is 1.61. The number of hydrogen-bond donors (Lipinski definition) is 1. The fourth-order valence-electron chi connectivity index (χ4n) is 2.18. The Bertz CT molecular complexity index is 451. The highest BCUT2D eigenvalue weighted by molar-refractivity contribution is 5.97. The van der Waals surface area contributed by atoms with Crippen LogP contribution in [0.1, 0.15) is 19.8 Å². The molecule has 0 aliphatic heterocycles. The van der Waals surface area contributed by atoms with Crippen molar-refractivity contribution in [3.63, 3.8) is 0 Å². The lowest BCUT2D eigenvalue weighted by Crippen LogP contribution is -2.45. The molecule has 5 heteroatoms. The minimum Gasteiger partial charge on any atom is -0.308 e. The molecule has 0 unspecified atom stereocenters. The maximum absolute atomic E-state index is 11.9. The van der Waals surface area contributed by atoms with E-state index in [1.807, 2.05) is 6.92 Å². The van der Waals surface area contributed by atoms with E-state index in [0.717, 1.165) is 0 Å². The van der Waals surface area contributed by atoms with Crippen LogP contribution in [0, 0.1) is 22.7 Å². The predicted molar refractivity (Wildman–Crippen MR) is 58.3 cm³/mol. The van der Waals surface area contributed by atoms with Gasteiger partial charge in [-0.2, -0.15) is 10.4 Å². The molecule has 84 valence electrons. The minimum absolute atomic E-state index is 0.230. The van der Waals surface area contributed by atoms with Gasteiger partial charge in [-0.3, -0.25) is 9.48 Å². The molecule has 0 radical (unpaired) electrons. The topological polar surface area (TPSA) is 70.7 Å². The zero-order valence-corrected chi connectivity index (χ0v) is 9.40. The highest BCUT2D eigenvalue weighted by Gasteiger charge is 2.49. The average molecular weight is 218 g/mol. The Morgan fingerprint density at radius 3 is 2.88 bits per heavy atom. The van der Waals surface area contributed by atoms with Gasteiger partial charge in [-0.25, -0.2) is 0 Å². The molecule has 1 N–H and O–H groups in total. The van der Waals surface area contributed by atoms with Gasteiger partial charge in [0.1, 0.15) is 5.41 Å². The van der Waals surface area contributed by atoms with E-state index >= 15 is 0 Å². The maximum atomic E-state index is 11.9. The van der Waals surface area contributed by atoms with Gasteiger partial charge in [-0.1, -0.05) is 6.92 Å². The van der Waals surface area contributed by atoms with Crippen LogP contribution in [-0.2, 0) is 11.8 Å². The van der Waals surface area contributed by atoms with Gasteiger partial charge in [0.25, 0.3) is 0 Å². The van der Waals surface area contributed by atoms with E-state index in [-0.39, 0.29) is 5.91 Å². The van der Waals surface area contributed by atoms with E-state index in [1.54, 1.807) is 24.0 Å². The SMILES string of the molecule is CC1CC(C#N)(C(=O)Nc2ccn(C)n2)C1. The molecule has 2 rings (SSSR count). The summed E-state index contributed by atoms with van der Waals surface area (Å²) in [5.41, 5.74) is -0.836. The molecule has 0 atom stereocenters. The second kappa shape index (κ2) is 3.63. The summed E-state index contributed by atoms with van der Waals surface area (Å²) in [6, 6.07) is 3.84. The van der Waals surface area contributed by atoms with Gasteiger partial charge in [0, 0.05) is 19.3 Å². The van der Waals surface area contributed by atoms with Crippen molar-refractivity contribution in [1.82, 2.24) is 9.78 Å². The number of aromatic nitrogens is 2. The highest BCUT2D eigenvalue weighted by Crippen LogP contribution is 2.45. The van der Waals surface area contributed by atoms with Crippen molar-refractivity contribution in [3.05, 3.63) is 12.3 Å². The fraction of sp³-hybridized carbons (Fsp3) is 0.545. The second-order valence-corrected chi connectivity index (χ2v) is 4.54. The van der Waals surface area contributed by atoms with Gasteiger partial charge in [-0.05, 0) is 18.8 Å². The van der Waals surface area contributed by atoms with Crippen LogP contribution in [0.15, 0.2) is 12.3 Å². The number of amides is 1. The lowest BCUT2D eigenvalue weighted by atomic mass is 9.63. The molecule has 1 aromatic heterocycles. The molecule has 5 nitrogen and oxygen atoms in total. The molecule has 1 fully saturated rings. The summed E-state index contributed by atoms with van der Waals surface area (Å²) in [6.45, 7) is 2.05. The Morgan fingerprint density at radius 2 is 2.44 bits per heavy atom. The first-order chi connectivity index (χ1) is 7.55. The first-order valence-corrected chi connectivity index (χ1v) is 5.28. The summed E-state index contributed by atoms with van der Waals surface area (Å²) in [5.74, 6) is 0.725. The van der Waals surface area contributed by atoms with Crippen LogP contribution < -0.4 is 5.32 Å². The molecule has 16 heavy (non-hydrogen) atoms. The van der Waals surface area contributed by atoms with Gasteiger partial charge in [0.15, 0.2) is 5.82 Å². The molecule has 1 heterocycles. The molecule has 0 spiro atoms. The molecule has 1 aliphatic carbocycles. The van der Waals surface area contributed by atoms with Crippen molar-refractivity contribution in [2.45, 2.75) is 19.8 Å². The number of nitrogens with zero attached hydrogens (tertiary/aromatic N) is 3. The number of nitriles is 1. The van der Waals surface area contributed by atoms with Crippen LogP contribution in [-0.4, -0.2) is 15.7 Å². The summed E-state index contributed by atoms with van der Waals surface area (Å²) >= 11 is 0. The third kappa shape index (κ3) is 1.67. The third-order valence-electron chi connectivity index (χ3n) is 3.00. The minimum atomic E-state index is -0.836. The molecular weight excluding hydrogens is 204 g/mol. The number of carbonyl (C=O) groups is 1. The number of aryl methyl sites for hydroxylation is 1. The summed E-state index contributed by atoms with van der Waals surface area (Å²) in [6.07, 6.45) is 3.03. The zero-order chi connectivity index (χ0) is 11.8. The zero-order valence-electron chi connectivity index (χ0n) is 9.40. The van der Waals surface area contributed by atoms with Gasteiger partial charge in [-0.15, -0.1) is 0 Å². The molecule has 0 aromatic carbocycles. The lowest BCUT2D eigenvalue weighted by Gasteiger charge is -2.38. The van der Waals surface area contributed by atoms with Crippen molar-refractivity contribution in [2.75, 3.05) is 5.32 Å². The Hall–Kier alpha value is -1.83. The van der Waals surface area contributed by atoms with Crippen LogP contribution in [0.4, 0.5) is 5.82 Å². The summed E-state index contributed by atoms with van der Waals surface area (Å²) in [4.78, 5) is 11.9. The van der Waals surface area contributed by atoms with Crippen molar-refractivity contribution in [2.24, 2.45) is 18.4 Å². The monoisotopic (exact) mass is 218 g/mol. The first-order valence-electron chi connectivity index (χ1n) is 5.28. The van der Waals surface area contributed by atoms with E-state index in [9.17, 15) is 4.79 Å². The predicted octanol–water partition coefficient (Wildman–Crippen LogP) is 1.30. The fourth-order valence-corrected chi connectivity index (χ4v) is 2.18. The molecule has 0 saturated heterocycles.